The summed E-state index contributed by atoms with van der Waals surface area (Å²) >= 11 is 0. The van der Waals surface area contributed by atoms with Crippen LogP contribution in [0.1, 0.15) is 35.6 Å². The van der Waals surface area contributed by atoms with E-state index in [4.69, 9.17) is 10.2 Å². The number of aryl methyl sites for hydroxylation is 4. The van der Waals surface area contributed by atoms with Crippen LogP contribution in [0.5, 0.6) is 0 Å². The highest BCUT2D eigenvalue weighted by Crippen LogP contribution is 2.11. The Balaban J connectivity index is 2.82. The summed E-state index contributed by atoms with van der Waals surface area (Å²) in [6.07, 6.45) is 0.718. The Morgan fingerprint density at radius 3 is 1.50 bits per heavy atom. The van der Waals surface area contributed by atoms with Crippen LogP contribution in [-0.2, 0) is 22.4 Å². The zero-order valence-electron chi connectivity index (χ0n) is 10.4. The number of aliphatic carboxylic acids is 2. The zero-order valence-corrected chi connectivity index (χ0v) is 10.4. The van der Waals surface area contributed by atoms with Crippen molar-refractivity contribution in [3.8, 4) is 0 Å². The molecule has 98 valence electrons. The summed E-state index contributed by atoms with van der Waals surface area (Å²) in [7, 11) is 0. The van der Waals surface area contributed by atoms with Crippen LogP contribution in [0, 0.1) is 13.8 Å². The number of hydrogen-bond donors (Lipinski definition) is 2. The van der Waals surface area contributed by atoms with Crippen LogP contribution in [0.25, 0.3) is 0 Å². The van der Waals surface area contributed by atoms with E-state index in [1.165, 1.54) is 0 Å². The third-order valence-electron chi connectivity index (χ3n) is 2.59. The van der Waals surface area contributed by atoms with Gasteiger partial charge in [-0.3, -0.25) is 19.6 Å². The van der Waals surface area contributed by atoms with E-state index in [1.54, 1.807) is 13.8 Å². The van der Waals surface area contributed by atoms with Crippen LogP contribution >= 0.6 is 0 Å². The molecule has 0 fully saturated rings. The maximum Gasteiger partial charge on any atom is 0.303 e. The molecule has 6 nitrogen and oxygen atoms in total. The molecule has 0 saturated heterocycles. The van der Waals surface area contributed by atoms with Gasteiger partial charge in [0.1, 0.15) is 0 Å². The Morgan fingerprint density at radius 2 is 1.22 bits per heavy atom. The van der Waals surface area contributed by atoms with Gasteiger partial charge >= 0.3 is 11.9 Å². The Hall–Kier alpha value is -1.98. The number of carboxylic acids is 2. The standard InChI is InChI=1S/C12H16N2O4/c1-7-9(3-5-11(15)16)14-8(2)10(13-7)4-6-12(17)18/h3-6H2,1-2H3,(H,15,16)(H,17,18). The Kier molecular flexibility index (Phi) is 4.76. The molecule has 1 rings (SSSR count). The molecule has 6 heteroatoms. The summed E-state index contributed by atoms with van der Waals surface area (Å²) in [6, 6.07) is 0. The highest BCUT2D eigenvalue weighted by molar-refractivity contribution is 5.67. The highest BCUT2D eigenvalue weighted by Gasteiger charge is 2.10. The molecule has 0 spiro atoms. The van der Waals surface area contributed by atoms with Crippen LogP contribution in [0.3, 0.4) is 0 Å². The van der Waals surface area contributed by atoms with Gasteiger partial charge in [0.15, 0.2) is 0 Å². The van der Waals surface area contributed by atoms with Gasteiger partial charge in [-0.2, -0.15) is 0 Å². The predicted molar refractivity (Wildman–Crippen MR) is 63.4 cm³/mol. The van der Waals surface area contributed by atoms with Crippen molar-refractivity contribution < 1.29 is 19.8 Å². The first kappa shape index (κ1) is 14.1. The Labute approximate surface area is 105 Å². The predicted octanol–water partition coefficient (Wildman–Crippen LogP) is 1.13. The summed E-state index contributed by atoms with van der Waals surface area (Å²) in [5.41, 5.74) is 2.66. The molecular weight excluding hydrogens is 236 g/mol. The van der Waals surface area contributed by atoms with Crippen molar-refractivity contribution in [2.75, 3.05) is 0 Å². The molecule has 0 aliphatic rings. The van der Waals surface area contributed by atoms with Crippen molar-refractivity contribution in [3.63, 3.8) is 0 Å². The molecule has 1 aromatic heterocycles. The van der Waals surface area contributed by atoms with Crippen LogP contribution in [-0.4, -0.2) is 32.1 Å². The smallest absolute Gasteiger partial charge is 0.303 e. The number of rotatable bonds is 6. The van der Waals surface area contributed by atoms with Crippen molar-refractivity contribution in [3.05, 3.63) is 22.8 Å². The lowest BCUT2D eigenvalue weighted by molar-refractivity contribution is -0.138. The summed E-state index contributed by atoms with van der Waals surface area (Å²) in [5.74, 6) is -1.74. The monoisotopic (exact) mass is 252 g/mol. The van der Waals surface area contributed by atoms with E-state index in [2.05, 4.69) is 9.97 Å². The van der Waals surface area contributed by atoms with E-state index < -0.39 is 11.9 Å². The Bertz CT molecular complexity index is 428. The van der Waals surface area contributed by atoms with Crippen molar-refractivity contribution in [1.82, 2.24) is 9.97 Å². The fraction of sp³-hybridized carbons (Fsp3) is 0.500. The lowest BCUT2D eigenvalue weighted by Crippen LogP contribution is -2.09. The van der Waals surface area contributed by atoms with Gasteiger partial charge in [0.2, 0.25) is 0 Å². The molecular formula is C12H16N2O4. The molecule has 1 aromatic rings. The number of aromatic nitrogens is 2. The summed E-state index contributed by atoms with van der Waals surface area (Å²) in [6.45, 7) is 3.52. The minimum atomic E-state index is -0.871. The molecule has 2 N–H and O–H groups in total. The van der Waals surface area contributed by atoms with Gasteiger partial charge in [-0.15, -0.1) is 0 Å². The summed E-state index contributed by atoms with van der Waals surface area (Å²) in [5, 5.41) is 17.2. The first-order valence-corrected chi connectivity index (χ1v) is 5.66. The molecule has 0 bridgehead atoms. The Morgan fingerprint density at radius 1 is 0.889 bits per heavy atom. The van der Waals surface area contributed by atoms with Crippen LogP contribution in [0.15, 0.2) is 0 Å². The van der Waals surface area contributed by atoms with Crippen molar-refractivity contribution in [1.29, 1.82) is 0 Å². The molecule has 0 saturated carbocycles. The average Bonchev–Trinajstić information content (AvgIpc) is 2.27. The molecule has 0 amide bonds. The second-order valence-electron chi connectivity index (χ2n) is 4.08. The minimum absolute atomic E-state index is 0.0173. The van der Waals surface area contributed by atoms with Gasteiger partial charge in [0, 0.05) is 12.8 Å². The van der Waals surface area contributed by atoms with E-state index in [-0.39, 0.29) is 12.8 Å². The van der Waals surface area contributed by atoms with Gasteiger partial charge in [-0.05, 0) is 13.8 Å². The molecule has 1 heterocycles. The van der Waals surface area contributed by atoms with Gasteiger partial charge in [-0.25, -0.2) is 0 Å². The van der Waals surface area contributed by atoms with Gasteiger partial charge in [-0.1, -0.05) is 0 Å². The number of hydrogen-bond acceptors (Lipinski definition) is 4. The first-order chi connectivity index (χ1) is 8.40. The fourth-order valence-corrected chi connectivity index (χ4v) is 1.62. The quantitative estimate of drug-likeness (QED) is 0.787. The molecule has 0 aliphatic heterocycles. The SMILES string of the molecule is Cc1nc(CCC(=O)O)c(C)nc1CCC(=O)O. The average molecular weight is 252 g/mol. The van der Waals surface area contributed by atoms with Gasteiger partial charge in [0.25, 0.3) is 0 Å². The second-order valence-corrected chi connectivity index (χ2v) is 4.08. The largest absolute Gasteiger partial charge is 0.481 e. The van der Waals surface area contributed by atoms with Crippen molar-refractivity contribution in [2.45, 2.75) is 39.5 Å². The van der Waals surface area contributed by atoms with E-state index in [9.17, 15) is 9.59 Å². The normalized spacial score (nSPS) is 10.3. The van der Waals surface area contributed by atoms with E-state index in [0.29, 0.717) is 35.6 Å². The first-order valence-electron chi connectivity index (χ1n) is 5.66. The van der Waals surface area contributed by atoms with E-state index in [1.807, 2.05) is 0 Å². The van der Waals surface area contributed by atoms with Gasteiger partial charge < -0.3 is 10.2 Å². The van der Waals surface area contributed by atoms with Crippen molar-refractivity contribution >= 4 is 11.9 Å². The molecule has 0 aliphatic carbocycles. The maximum atomic E-state index is 10.5. The number of carboxylic acid groups (broad SMARTS) is 2. The van der Waals surface area contributed by atoms with E-state index in [0.717, 1.165) is 0 Å². The minimum Gasteiger partial charge on any atom is -0.481 e. The number of carbonyl (C=O) groups is 2. The van der Waals surface area contributed by atoms with Crippen LogP contribution < -0.4 is 0 Å². The van der Waals surface area contributed by atoms with Crippen molar-refractivity contribution in [2.24, 2.45) is 0 Å². The third kappa shape index (κ3) is 4.12. The summed E-state index contributed by atoms with van der Waals surface area (Å²) < 4.78 is 0. The molecule has 0 unspecified atom stereocenters. The third-order valence-corrected chi connectivity index (χ3v) is 2.59. The molecule has 18 heavy (non-hydrogen) atoms. The lowest BCUT2D eigenvalue weighted by Gasteiger charge is -2.08. The second kappa shape index (κ2) is 6.09. The molecule has 0 atom stereocenters. The highest BCUT2D eigenvalue weighted by atomic mass is 16.4. The van der Waals surface area contributed by atoms with Crippen LogP contribution in [0.4, 0.5) is 0 Å². The molecule has 0 radical (unpaired) electrons. The topological polar surface area (TPSA) is 100 Å². The van der Waals surface area contributed by atoms with Crippen LogP contribution in [0.2, 0.25) is 0 Å². The molecule has 0 aromatic carbocycles. The lowest BCUT2D eigenvalue weighted by atomic mass is 10.1. The zero-order chi connectivity index (χ0) is 13.7. The van der Waals surface area contributed by atoms with E-state index >= 15 is 0 Å². The van der Waals surface area contributed by atoms with Gasteiger partial charge in [0.05, 0.1) is 35.6 Å². The maximum absolute atomic E-state index is 10.5. The fourth-order valence-electron chi connectivity index (χ4n) is 1.62. The number of nitrogens with zero attached hydrogens (tertiary/aromatic N) is 2. The summed E-state index contributed by atoms with van der Waals surface area (Å²) in [4.78, 5) is 29.6.